The van der Waals surface area contributed by atoms with Gasteiger partial charge in [0.25, 0.3) is 11.5 Å². The summed E-state index contributed by atoms with van der Waals surface area (Å²) < 4.78 is 29.3. The third-order valence-electron chi connectivity index (χ3n) is 4.51. The molecule has 0 aliphatic rings. The normalized spacial score (nSPS) is 12.2. The molecule has 0 unspecified atom stereocenters. The molecule has 152 valence electrons. The molecule has 1 aromatic heterocycles. The van der Waals surface area contributed by atoms with Crippen molar-refractivity contribution in [2.75, 3.05) is 0 Å². The summed E-state index contributed by atoms with van der Waals surface area (Å²) in [7, 11) is 0. The zero-order chi connectivity index (χ0) is 21.0. The maximum atomic E-state index is 13.9. The summed E-state index contributed by atoms with van der Waals surface area (Å²) in [4.78, 5) is 12.4. The number of allylic oxidation sites excluding steroid dienone is 1. The molecule has 0 atom stereocenters. The lowest BCUT2D eigenvalue weighted by molar-refractivity contribution is 0.0316. The van der Waals surface area contributed by atoms with E-state index in [0.29, 0.717) is 22.7 Å². The molecule has 4 N–H and O–H groups in total. The van der Waals surface area contributed by atoms with E-state index in [1.807, 2.05) is 12.1 Å². The molecule has 5 nitrogen and oxygen atoms in total. The van der Waals surface area contributed by atoms with Crippen LogP contribution in [0.2, 0.25) is 5.02 Å². The first-order valence-corrected chi connectivity index (χ1v) is 9.42. The quantitative estimate of drug-likeness (QED) is 0.396. The number of rotatable bonds is 7. The number of alkyl halides is 2. The van der Waals surface area contributed by atoms with Gasteiger partial charge in [-0.15, -0.1) is 0 Å². The molecule has 0 radical (unpaired) electrons. The number of nitrogens with one attached hydrogen (secondary N) is 2. The van der Waals surface area contributed by atoms with Crippen LogP contribution in [0.25, 0.3) is 11.8 Å². The van der Waals surface area contributed by atoms with Crippen LogP contribution in [-0.4, -0.2) is 15.7 Å². The van der Waals surface area contributed by atoms with Crippen molar-refractivity contribution in [1.29, 1.82) is 0 Å². The highest BCUT2D eigenvalue weighted by Gasteiger charge is 2.31. The van der Waals surface area contributed by atoms with Gasteiger partial charge in [0, 0.05) is 29.6 Å². The van der Waals surface area contributed by atoms with Gasteiger partial charge in [-0.3, -0.25) is 15.7 Å². The van der Waals surface area contributed by atoms with Gasteiger partial charge in [0.05, 0.1) is 11.4 Å². The number of benzene rings is 2. The highest BCUT2D eigenvalue weighted by molar-refractivity contribution is 6.30. The number of hydrogen-bond donors (Lipinski definition) is 3. The van der Waals surface area contributed by atoms with Crippen LogP contribution in [0.5, 0.6) is 0 Å². The molecule has 0 fully saturated rings. The molecule has 0 amide bonds. The van der Waals surface area contributed by atoms with E-state index < -0.39 is 5.92 Å². The smallest absolute Gasteiger partial charge is 0.288 e. The first kappa shape index (κ1) is 20.8. The Morgan fingerprint density at radius 2 is 1.97 bits per heavy atom. The summed E-state index contributed by atoms with van der Waals surface area (Å²) in [5, 5.41) is 3.70. The van der Waals surface area contributed by atoms with Crippen molar-refractivity contribution in [2.45, 2.75) is 25.7 Å². The van der Waals surface area contributed by atoms with Gasteiger partial charge in [0.15, 0.2) is 0 Å². The number of nitrogens with zero attached hydrogens (tertiary/aromatic N) is 1. The number of halogens is 3. The molecule has 3 rings (SSSR count). The van der Waals surface area contributed by atoms with E-state index in [-0.39, 0.29) is 17.7 Å². The topological polar surface area (TPSA) is 75.8 Å². The van der Waals surface area contributed by atoms with Crippen molar-refractivity contribution in [3.05, 3.63) is 92.5 Å². The van der Waals surface area contributed by atoms with Crippen LogP contribution in [0.15, 0.2) is 65.1 Å². The van der Waals surface area contributed by atoms with Crippen molar-refractivity contribution in [3.8, 4) is 5.69 Å². The monoisotopic (exact) mass is 418 g/mol. The van der Waals surface area contributed by atoms with Gasteiger partial charge in [-0.2, -0.15) is 8.78 Å². The molecule has 1 heterocycles. The molecule has 0 aliphatic heterocycles. The van der Waals surface area contributed by atoms with Crippen LogP contribution < -0.4 is 16.8 Å². The second-order valence-corrected chi connectivity index (χ2v) is 7.05. The first-order valence-electron chi connectivity index (χ1n) is 9.05. The van der Waals surface area contributed by atoms with Gasteiger partial charge in [0.1, 0.15) is 0 Å². The molecule has 0 saturated heterocycles. The van der Waals surface area contributed by atoms with Gasteiger partial charge >= 0.3 is 0 Å². The van der Waals surface area contributed by atoms with E-state index in [0.717, 1.165) is 11.3 Å². The van der Waals surface area contributed by atoms with Crippen LogP contribution >= 0.6 is 11.6 Å². The molecule has 0 saturated carbocycles. The SMILES string of the molecule is CCC(F)(F)/C(=C\c1cccc(-n2[nH]c(Cc3ccc(Cl)cc3)cc2=O)c1)NN. The molecular weight excluding hydrogens is 398 g/mol. The Morgan fingerprint density at radius 1 is 1.24 bits per heavy atom. The Morgan fingerprint density at radius 3 is 2.62 bits per heavy atom. The standard InChI is InChI=1S/C21H21ClF2N4O/c1-2-21(23,24)19(26-25)12-15-4-3-5-18(11-15)28-20(29)13-17(27-28)10-14-6-8-16(22)9-7-14/h3-9,11-13,26-27H,2,10,25H2,1H3/b19-12+. The molecule has 29 heavy (non-hydrogen) atoms. The van der Waals surface area contributed by atoms with Crippen LogP contribution in [0.4, 0.5) is 8.78 Å². The van der Waals surface area contributed by atoms with E-state index in [1.165, 1.54) is 23.7 Å². The van der Waals surface area contributed by atoms with Crippen molar-refractivity contribution >= 4 is 17.7 Å². The van der Waals surface area contributed by atoms with Gasteiger partial charge < -0.3 is 5.43 Å². The van der Waals surface area contributed by atoms with Gasteiger partial charge in [0.2, 0.25) is 0 Å². The third kappa shape index (κ3) is 4.93. The Labute approximate surface area is 171 Å². The fourth-order valence-corrected chi connectivity index (χ4v) is 3.04. The highest BCUT2D eigenvalue weighted by Crippen LogP contribution is 2.27. The minimum absolute atomic E-state index is 0.244. The Hall–Kier alpha value is -2.90. The minimum atomic E-state index is -3.07. The van der Waals surface area contributed by atoms with Crippen molar-refractivity contribution in [2.24, 2.45) is 5.84 Å². The molecule has 0 bridgehead atoms. The maximum absolute atomic E-state index is 13.9. The third-order valence-corrected chi connectivity index (χ3v) is 4.77. The fourth-order valence-electron chi connectivity index (χ4n) is 2.91. The number of hydrogen-bond acceptors (Lipinski definition) is 3. The van der Waals surface area contributed by atoms with Crippen LogP contribution in [-0.2, 0) is 6.42 Å². The molecule has 8 heteroatoms. The fraction of sp³-hybridized carbons (Fsp3) is 0.190. The Bertz CT molecular complexity index is 1070. The van der Waals surface area contributed by atoms with E-state index in [1.54, 1.807) is 36.4 Å². The van der Waals surface area contributed by atoms with E-state index in [2.05, 4.69) is 10.5 Å². The summed E-state index contributed by atoms with van der Waals surface area (Å²) in [6.45, 7) is 1.38. The van der Waals surface area contributed by atoms with Crippen LogP contribution in [0, 0.1) is 0 Å². The lowest BCUT2D eigenvalue weighted by Crippen LogP contribution is -2.33. The zero-order valence-electron chi connectivity index (χ0n) is 15.8. The zero-order valence-corrected chi connectivity index (χ0v) is 16.5. The van der Waals surface area contributed by atoms with Crippen LogP contribution in [0.1, 0.15) is 30.2 Å². The highest BCUT2D eigenvalue weighted by atomic mass is 35.5. The summed E-state index contributed by atoms with van der Waals surface area (Å²) in [6.07, 6.45) is 1.42. The summed E-state index contributed by atoms with van der Waals surface area (Å²) >= 11 is 5.90. The largest absolute Gasteiger partial charge is 0.323 e. The molecular formula is C21H21ClF2N4O. The average molecular weight is 419 g/mol. The second kappa shape index (κ2) is 8.63. The average Bonchev–Trinajstić information content (AvgIpc) is 3.08. The number of H-pyrrole nitrogens is 1. The summed E-state index contributed by atoms with van der Waals surface area (Å²) in [5.41, 5.74) is 4.18. The Balaban J connectivity index is 1.90. The van der Waals surface area contributed by atoms with Crippen molar-refractivity contribution < 1.29 is 8.78 Å². The molecule has 3 aromatic rings. The number of nitrogens with two attached hydrogens (primary N) is 1. The second-order valence-electron chi connectivity index (χ2n) is 6.61. The molecule has 0 aliphatic carbocycles. The van der Waals surface area contributed by atoms with Crippen LogP contribution in [0.3, 0.4) is 0 Å². The number of aromatic amines is 1. The predicted octanol–water partition coefficient (Wildman–Crippen LogP) is 4.26. The predicted molar refractivity (Wildman–Crippen MR) is 111 cm³/mol. The van der Waals surface area contributed by atoms with Crippen molar-refractivity contribution in [1.82, 2.24) is 15.2 Å². The van der Waals surface area contributed by atoms with Crippen molar-refractivity contribution in [3.63, 3.8) is 0 Å². The lowest BCUT2D eigenvalue weighted by atomic mass is 10.1. The molecule has 0 spiro atoms. The maximum Gasteiger partial charge on any atom is 0.288 e. The lowest BCUT2D eigenvalue weighted by Gasteiger charge is -2.17. The van der Waals surface area contributed by atoms with Gasteiger partial charge in [-0.1, -0.05) is 42.8 Å². The van der Waals surface area contributed by atoms with E-state index in [9.17, 15) is 13.6 Å². The minimum Gasteiger partial charge on any atom is -0.323 e. The van der Waals surface area contributed by atoms with E-state index in [4.69, 9.17) is 17.4 Å². The van der Waals surface area contributed by atoms with Gasteiger partial charge in [-0.05, 0) is 41.5 Å². The van der Waals surface area contributed by atoms with Gasteiger partial charge in [-0.25, -0.2) is 4.68 Å². The Kier molecular flexibility index (Phi) is 6.20. The van der Waals surface area contributed by atoms with E-state index >= 15 is 0 Å². The first-order chi connectivity index (χ1) is 13.8. The number of hydrazine groups is 1. The summed E-state index contributed by atoms with van der Waals surface area (Å²) in [5.74, 6) is 2.20. The summed E-state index contributed by atoms with van der Waals surface area (Å²) in [6, 6.07) is 15.6. The molecule has 2 aromatic carbocycles. The number of aromatic nitrogens is 2.